The third-order valence-electron chi connectivity index (χ3n) is 3.73. The highest BCUT2D eigenvalue weighted by atomic mass is 35.5. The van der Waals surface area contributed by atoms with Crippen LogP contribution in [0, 0.1) is 11.3 Å². The molecule has 1 aliphatic carbocycles. The summed E-state index contributed by atoms with van der Waals surface area (Å²) in [5.74, 6) is 0.913. The van der Waals surface area contributed by atoms with Crippen molar-refractivity contribution < 1.29 is 4.79 Å². The summed E-state index contributed by atoms with van der Waals surface area (Å²) in [4.78, 5) is 12.3. The zero-order valence-corrected chi connectivity index (χ0v) is 12.9. The number of carbonyl (C=O) groups excluding carboxylic acids is 1. The second-order valence-corrected chi connectivity index (χ2v) is 5.80. The normalized spacial score (nSPS) is 17.6. The lowest BCUT2D eigenvalue weighted by atomic mass is 9.77. The van der Waals surface area contributed by atoms with Crippen molar-refractivity contribution in [1.82, 2.24) is 10.6 Å². The van der Waals surface area contributed by atoms with Crippen molar-refractivity contribution in [3.05, 3.63) is 0 Å². The molecule has 0 aromatic rings. The molecule has 0 aromatic heterocycles. The Bertz CT molecular complexity index is 238. The average molecular weight is 277 g/mol. The van der Waals surface area contributed by atoms with Crippen LogP contribution in [0.15, 0.2) is 0 Å². The van der Waals surface area contributed by atoms with Crippen molar-refractivity contribution in [2.45, 2.75) is 52.4 Å². The predicted octanol–water partition coefficient (Wildman–Crippen LogP) is 2.74. The number of amides is 1. The van der Waals surface area contributed by atoms with E-state index in [2.05, 4.69) is 24.5 Å². The third-order valence-corrected chi connectivity index (χ3v) is 3.73. The Morgan fingerprint density at radius 1 is 1.22 bits per heavy atom. The topological polar surface area (TPSA) is 41.1 Å². The van der Waals surface area contributed by atoms with Crippen LogP contribution in [0.25, 0.3) is 0 Å². The van der Waals surface area contributed by atoms with E-state index >= 15 is 0 Å². The van der Waals surface area contributed by atoms with Crippen LogP contribution >= 0.6 is 12.4 Å². The molecule has 18 heavy (non-hydrogen) atoms. The molecule has 2 N–H and O–H groups in total. The first kappa shape index (κ1) is 17.7. The van der Waals surface area contributed by atoms with Crippen molar-refractivity contribution in [1.29, 1.82) is 0 Å². The van der Waals surface area contributed by atoms with Crippen LogP contribution in [0.3, 0.4) is 0 Å². The van der Waals surface area contributed by atoms with Crippen LogP contribution in [0.4, 0.5) is 0 Å². The summed E-state index contributed by atoms with van der Waals surface area (Å²) < 4.78 is 0. The van der Waals surface area contributed by atoms with Gasteiger partial charge in [0, 0.05) is 12.0 Å². The fourth-order valence-electron chi connectivity index (χ4n) is 3.01. The van der Waals surface area contributed by atoms with Crippen molar-refractivity contribution in [2.75, 3.05) is 20.1 Å². The van der Waals surface area contributed by atoms with E-state index in [-0.39, 0.29) is 17.8 Å². The van der Waals surface area contributed by atoms with Crippen LogP contribution in [0.2, 0.25) is 0 Å². The molecule has 0 aromatic carbocycles. The van der Waals surface area contributed by atoms with E-state index in [1.165, 1.54) is 12.8 Å². The van der Waals surface area contributed by atoms with Crippen molar-refractivity contribution in [3.8, 4) is 0 Å². The molecule has 3 nitrogen and oxygen atoms in total. The molecule has 1 amide bonds. The summed E-state index contributed by atoms with van der Waals surface area (Å²) >= 11 is 0. The minimum absolute atomic E-state index is 0. The molecule has 0 saturated heterocycles. The van der Waals surface area contributed by atoms with Gasteiger partial charge in [0.1, 0.15) is 0 Å². The largest absolute Gasteiger partial charge is 0.356 e. The van der Waals surface area contributed by atoms with E-state index < -0.39 is 0 Å². The van der Waals surface area contributed by atoms with Gasteiger partial charge in [-0.1, -0.05) is 26.7 Å². The number of hydrogen-bond donors (Lipinski definition) is 2. The molecule has 0 radical (unpaired) electrons. The molecular formula is C14H29ClN2O. The van der Waals surface area contributed by atoms with Crippen LogP contribution in [-0.2, 0) is 4.79 Å². The lowest BCUT2D eigenvalue weighted by molar-refractivity contribution is -0.131. The number of nitrogens with one attached hydrogen (secondary N) is 2. The van der Waals surface area contributed by atoms with Gasteiger partial charge in [-0.05, 0) is 45.2 Å². The van der Waals surface area contributed by atoms with E-state index in [1.54, 1.807) is 0 Å². The molecule has 108 valence electrons. The molecule has 0 bridgehead atoms. The second kappa shape index (κ2) is 8.76. The minimum atomic E-state index is -0.0478. The molecule has 1 rings (SSSR count). The molecule has 0 aliphatic heterocycles. The predicted molar refractivity (Wildman–Crippen MR) is 79.2 cm³/mol. The van der Waals surface area contributed by atoms with E-state index in [9.17, 15) is 4.79 Å². The van der Waals surface area contributed by atoms with E-state index in [0.717, 1.165) is 38.8 Å². The quantitative estimate of drug-likeness (QED) is 0.702. The van der Waals surface area contributed by atoms with Crippen LogP contribution in [-0.4, -0.2) is 26.0 Å². The average Bonchev–Trinajstić information content (AvgIpc) is 2.73. The van der Waals surface area contributed by atoms with Crippen molar-refractivity contribution >= 4 is 18.3 Å². The SMILES string of the molecule is CNCCCNC(=O)C1(CC(C)C)CCCC1.Cl. The monoisotopic (exact) mass is 276 g/mol. The fourth-order valence-corrected chi connectivity index (χ4v) is 3.01. The van der Waals surface area contributed by atoms with E-state index in [4.69, 9.17) is 0 Å². The van der Waals surface area contributed by atoms with Crippen molar-refractivity contribution in [2.24, 2.45) is 11.3 Å². The third kappa shape index (κ3) is 5.15. The number of carbonyl (C=O) groups is 1. The molecule has 4 heteroatoms. The van der Waals surface area contributed by atoms with Gasteiger partial charge in [0.15, 0.2) is 0 Å². The Hall–Kier alpha value is -0.280. The zero-order chi connectivity index (χ0) is 12.7. The summed E-state index contributed by atoms with van der Waals surface area (Å²) in [6, 6.07) is 0. The van der Waals surface area contributed by atoms with Gasteiger partial charge in [0.25, 0.3) is 0 Å². The van der Waals surface area contributed by atoms with Gasteiger partial charge in [-0.3, -0.25) is 4.79 Å². The van der Waals surface area contributed by atoms with Gasteiger partial charge in [-0.25, -0.2) is 0 Å². The summed E-state index contributed by atoms with van der Waals surface area (Å²) in [5, 5.41) is 6.23. The molecule has 0 spiro atoms. The lowest BCUT2D eigenvalue weighted by Crippen LogP contribution is -2.41. The number of hydrogen-bond acceptors (Lipinski definition) is 2. The Labute approximate surface area is 118 Å². The van der Waals surface area contributed by atoms with Gasteiger partial charge < -0.3 is 10.6 Å². The van der Waals surface area contributed by atoms with Crippen molar-refractivity contribution in [3.63, 3.8) is 0 Å². The van der Waals surface area contributed by atoms with Gasteiger partial charge in [-0.15, -0.1) is 12.4 Å². The first-order valence-corrected chi connectivity index (χ1v) is 7.03. The molecule has 0 heterocycles. The van der Waals surface area contributed by atoms with Crippen LogP contribution in [0.1, 0.15) is 52.4 Å². The first-order valence-electron chi connectivity index (χ1n) is 7.03. The maximum Gasteiger partial charge on any atom is 0.226 e. The standard InChI is InChI=1S/C14H28N2O.ClH/c1-12(2)11-14(7-4-5-8-14)13(17)16-10-6-9-15-3;/h12,15H,4-11H2,1-3H3,(H,16,17);1H. The molecule has 0 unspecified atom stereocenters. The Morgan fingerprint density at radius 3 is 2.33 bits per heavy atom. The summed E-state index contributed by atoms with van der Waals surface area (Å²) in [5.41, 5.74) is -0.0478. The highest BCUT2D eigenvalue weighted by molar-refractivity contribution is 5.85. The van der Waals surface area contributed by atoms with Gasteiger partial charge >= 0.3 is 0 Å². The maximum absolute atomic E-state index is 12.3. The van der Waals surface area contributed by atoms with E-state index in [0.29, 0.717) is 11.8 Å². The second-order valence-electron chi connectivity index (χ2n) is 5.80. The minimum Gasteiger partial charge on any atom is -0.356 e. The maximum atomic E-state index is 12.3. The van der Waals surface area contributed by atoms with E-state index in [1.807, 2.05) is 7.05 Å². The molecule has 1 aliphatic rings. The molecule has 1 saturated carbocycles. The van der Waals surface area contributed by atoms with Gasteiger partial charge in [0.2, 0.25) is 5.91 Å². The Balaban J connectivity index is 0.00000289. The Morgan fingerprint density at radius 2 is 1.83 bits per heavy atom. The molecule has 1 fully saturated rings. The summed E-state index contributed by atoms with van der Waals surface area (Å²) in [6.07, 6.45) is 6.67. The van der Waals surface area contributed by atoms with Crippen LogP contribution < -0.4 is 10.6 Å². The lowest BCUT2D eigenvalue weighted by Gasteiger charge is -2.29. The number of halogens is 1. The summed E-state index contributed by atoms with van der Waals surface area (Å²) in [7, 11) is 1.94. The van der Waals surface area contributed by atoms with Gasteiger partial charge in [-0.2, -0.15) is 0 Å². The smallest absolute Gasteiger partial charge is 0.226 e. The molecular weight excluding hydrogens is 248 g/mol. The molecule has 0 atom stereocenters. The first-order chi connectivity index (χ1) is 8.10. The van der Waals surface area contributed by atoms with Gasteiger partial charge in [0.05, 0.1) is 0 Å². The Kier molecular flexibility index (Phi) is 8.62. The highest BCUT2D eigenvalue weighted by Gasteiger charge is 2.40. The highest BCUT2D eigenvalue weighted by Crippen LogP contribution is 2.43. The number of rotatable bonds is 7. The van der Waals surface area contributed by atoms with Crippen LogP contribution in [0.5, 0.6) is 0 Å². The zero-order valence-electron chi connectivity index (χ0n) is 12.1. The fraction of sp³-hybridized carbons (Fsp3) is 0.929. The summed E-state index contributed by atoms with van der Waals surface area (Å²) in [6.45, 7) is 6.21.